The molecule has 0 saturated carbocycles. The van der Waals surface area contributed by atoms with Gasteiger partial charge in [-0.1, -0.05) is 35.9 Å². The van der Waals surface area contributed by atoms with Gasteiger partial charge in [0.1, 0.15) is 0 Å². The number of nitrogens with zero attached hydrogens (tertiary/aromatic N) is 2. The number of carbonyl (C=O) groups is 2. The van der Waals surface area contributed by atoms with E-state index >= 15 is 0 Å². The molecule has 0 bridgehead atoms. The molecule has 0 radical (unpaired) electrons. The summed E-state index contributed by atoms with van der Waals surface area (Å²) < 4.78 is 0. The molecule has 1 aromatic carbocycles. The van der Waals surface area contributed by atoms with Gasteiger partial charge in [-0.15, -0.1) is 0 Å². The molecule has 26 heavy (non-hydrogen) atoms. The molecule has 2 amide bonds. The molecule has 2 aliphatic rings. The van der Waals surface area contributed by atoms with Gasteiger partial charge in [-0.25, -0.2) is 0 Å². The molecule has 0 aliphatic carbocycles. The lowest BCUT2D eigenvalue weighted by Gasteiger charge is -2.30. The molecule has 140 valence electrons. The molecule has 2 fully saturated rings. The van der Waals surface area contributed by atoms with Crippen molar-refractivity contribution in [3.8, 4) is 0 Å². The van der Waals surface area contributed by atoms with Crippen LogP contribution in [0.25, 0.3) is 0 Å². The Balaban J connectivity index is 1.76. The van der Waals surface area contributed by atoms with E-state index in [2.05, 4.69) is 39.0 Å². The Morgan fingerprint density at radius 3 is 2.50 bits per heavy atom. The van der Waals surface area contributed by atoms with E-state index in [1.165, 1.54) is 16.7 Å². The van der Waals surface area contributed by atoms with Crippen LogP contribution in [0, 0.1) is 18.8 Å². The van der Waals surface area contributed by atoms with Gasteiger partial charge in [0.2, 0.25) is 11.8 Å². The van der Waals surface area contributed by atoms with E-state index in [0.29, 0.717) is 18.3 Å². The number of hydrogen-bond donors (Lipinski definition) is 0. The third-order valence-corrected chi connectivity index (χ3v) is 5.84. The van der Waals surface area contributed by atoms with E-state index in [0.717, 1.165) is 26.1 Å². The van der Waals surface area contributed by atoms with Crippen LogP contribution < -0.4 is 0 Å². The second-order valence-corrected chi connectivity index (χ2v) is 8.02. The van der Waals surface area contributed by atoms with Gasteiger partial charge in [-0.05, 0) is 38.3 Å². The zero-order chi connectivity index (χ0) is 18.8. The van der Waals surface area contributed by atoms with Crippen LogP contribution in [0.1, 0.15) is 50.8 Å². The number of aryl methyl sites for hydroxylation is 1. The number of likely N-dealkylation sites (tertiary alicyclic amines) is 2. The molecule has 0 aromatic heterocycles. The summed E-state index contributed by atoms with van der Waals surface area (Å²) in [6.45, 7) is 10.2. The quantitative estimate of drug-likeness (QED) is 0.773. The van der Waals surface area contributed by atoms with E-state index in [1.54, 1.807) is 6.92 Å². The first kappa shape index (κ1) is 18.7. The predicted octanol–water partition coefficient (Wildman–Crippen LogP) is 3.72. The fraction of sp³-hybridized carbons (Fsp3) is 0.545. The van der Waals surface area contributed by atoms with Gasteiger partial charge in [-0.2, -0.15) is 0 Å². The van der Waals surface area contributed by atoms with Crippen molar-refractivity contribution in [1.82, 2.24) is 9.80 Å². The lowest BCUT2D eigenvalue weighted by atomic mass is 9.87. The third-order valence-electron chi connectivity index (χ3n) is 5.84. The Hall–Kier alpha value is -2.10. The van der Waals surface area contributed by atoms with Crippen molar-refractivity contribution in [2.45, 2.75) is 46.6 Å². The van der Waals surface area contributed by atoms with Crippen LogP contribution >= 0.6 is 0 Å². The van der Waals surface area contributed by atoms with Crippen molar-refractivity contribution in [3.63, 3.8) is 0 Å². The number of carbonyl (C=O) groups excluding carboxylic acids is 2. The molecule has 3 rings (SSSR count). The molecule has 1 aromatic rings. The van der Waals surface area contributed by atoms with E-state index in [-0.39, 0.29) is 17.9 Å². The average Bonchev–Trinajstić information content (AvgIpc) is 3.13. The van der Waals surface area contributed by atoms with Crippen molar-refractivity contribution in [3.05, 3.63) is 47.0 Å². The summed E-state index contributed by atoms with van der Waals surface area (Å²) in [5.74, 6) is 1.10. The van der Waals surface area contributed by atoms with Crippen molar-refractivity contribution in [2.24, 2.45) is 11.8 Å². The lowest BCUT2D eigenvalue weighted by molar-refractivity contribution is -0.131. The highest BCUT2D eigenvalue weighted by atomic mass is 16.2. The van der Waals surface area contributed by atoms with Gasteiger partial charge < -0.3 is 9.80 Å². The van der Waals surface area contributed by atoms with Crippen LogP contribution in [0.2, 0.25) is 0 Å². The van der Waals surface area contributed by atoms with E-state index in [9.17, 15) is 9.59 Å². The average molecular weight is 354 g/mol. The van der Waals surface area contributed by atoms with Crippen molar-refractivity contribution < 1.29 is 9.59 Å². The Kier molecular flexibility index (Phi) is 5.49. The Bertz CT molecular complexity index is 721. The highest BCUT2D eigenvalue weighted by molar-refractivity contribution is 5.77. The van der Waals surface area contributed by atoms with Crippen LogP contribution in [-0.4, -0.2) is 41.2 Å². The number of rotatable bonds is 4. The van der Waals surface area contributed by atoms with Crippen LogP contribution in [0.15, 0.2) is 35.9 Å². The number of benzene rings is 1. The standard InChI is InChI=1S/C22H30N2O2/c1-15(2)8-7-11-21(26)23-12-18-13-24(17(4)25)22(20(18)14-23)19-10-6-5-9-16(19)3/h5-6,8-10,18,20,22H,7,11-14H2,1-4H3/t18-,20-,22+/m1/s1. The molecule has 4 nitrogen and oxygen atoms in total. The summed E-state index contributed by atoms with van der Waals surface area (Å²) in [6.07, 6.45) is 3.52. The Morgan fingerprint density at radius 1 is 1.12 bits per heavy atom. The van der Waals surface area contributed by atoms with Crippen LogP contribution in [0.5, 0.6) is 0 Å². The maximum Gasteiger partial charge on any atom is 0.222 e. The van der Waals surface area contributed by atoms with E-state index < -0.39 is 0 Å². The number of allylic oxidation sites excluding steroid dienone is 2. The molecule has 0 spiro atoms. The fourth-order valence-corrected chi connectivity index (χ4v) is 4.53. The number of hydrogen-bond acceptors (Lipinski definition) is 2. The molecule has 0 unspecified atom stereocenters. The van der Waals surface area contributed by atoms with E-state index in [1.807, 2.05) is 21.9 Å². The molecule has 2 heterocycles. The van der Waals surface area contributed by atoms with Gasteiger partial charge >= 0.3 is 0 Å². The monoisotopic (exact) mass is 354 g/mol. The minimum Gasteiger partial charge on any atom is -0.342 e. The minimum absolute atomic E-state index is 0.0919. The summed E-state index contributed by atoms with van der Waals surface area (Å²) in [5, 5.41) is 0. The van der Waals surface area contributed by atoms with Gasteiger partial charge in [-0.3, -0.25) is 9.59 Å². The van der Waals surface area contributed by atoms with Crippen molar-refractivity contribution in [2.75, 3.05) is 19.6 Å². The minimum atomic E-state index is 0.0919. The molecule has 2 aliphatic heterocycles. The largest absolute Gasteiger partial charge is 0.342 e. The summed E-state index contributed by atoms with van der Waals surface area (Å²) in [7, 11) is 0. The van der Waals surface area contributed by atoms with Crippen molar-refractivity contribution >= 4 is 11.8 Å². The third kappa shape index (κ3) is 3.69. The number of fused-ring (bicyclic) bond motifs is 1. The van der Waals surface area contributed by atoms with Crippen LogP contribution in [-0.2, 0) is 9.59 Å². The fourth-order valence-electron chi connectivity index (χ4n) is 4.53. The van der Waals surface area contributed by atoms with E-state index in [4.69, 9.17) is 0 Å². The van der Waals surface area contributed by atoms with Gasteiger partial charge in [0.05, 0.1) is 6.04 Å². The summed E-state index contributed by atoms with van der Waals surface area (Å²) >= 11 is 0. The van der Waals surface area contributed by atoms with Gasteiger partial charge in [0, 0.05) is 44.8 Å². The molecule has 0 N–H and O–H groups in total. The molecular weight excluding hydrogens is 324 g/mol. The topological polar surface area (TPSA) is 40.6 Å². The van der Waals surface area contributed by atoms with Crippen LogP contribution in [0.4, 0.5) is 0 Å². The first-order chi connectivity index (χ1) is 12.4. The second-order valence-electron chi connectivity index (χ2n) is 8.02. The van der Waals surface area contributed by atoms with Gasteiger partial charge in [0.25, 0.3) is 0 Å². The summed E-state index contributed by atoms with van der Waals surface area (Å²) in [4.78, 5) is 28.9. The number of amides is 2. The summed E-state index contributed by atoms with van der Waals surface area (Å²) in [5.41, 5.74) is 3.71. The molecule has 4 heteroatoms. The zero-order valence-corrected chi connectivity index (χ0v) is 16.4. The predicted molar refractivity (Wildman–Crippen MR) is 104 cm³/mol. The lowest BCUT2D eigenvalue weighted by Crippen LogP contribution is -2.36. The highest BCUT2D eigenvalue weighted by Gasteiger charge is 2.49. The first-order valence-electron chi connectivity index (χ1n) is 9.62. The van der Waals surface area contributed by atoms with Crippen LogP contribution in [0.3, 0.4) is 0 Å². The first-order valence-corrected chi connectivity index (χ1v) is 9.62. The normalized spacial score (nSPS) is 24.5. The maximum absolute atomic E-state index is 12.6. The SMILES string of the molecule is CC(=O)N1C[C@H]2CN(C(=O)CCC=C(C)C)C[C@H]2[C@@H]1c1ccccc1C. The second kappa shape index (κ2) is 7.65. The molecule has 2 saturated heterocycles. The smallest absolute Gasteiger partial charge is 0.222 e. The van der Waals surface area contributed by atoms with Crippen molar-refractivity contribution in [1.29, 1.82) is 0 Å². The highest BCUT2D eigenvalue weighted by Crippen LogP contribution is 2.45. The maximum atomic E-state index is 12.6. The zero-order valence-electron chi connectivity index (χ0n) is 16.4. The van der Waals surface area contributed by atoms with Gasteiger partial charge in [0.15, 0.2) is 0 Å². The summed E-state index contributed by atoms with van der Waals surface area (Å²) in [6, 6.07) is 8.42. The Labute approximate surface area is 156 Å². The Morgan fingerprint density at radius 2 is 1.85 bits per heavy atom. The molecular formula is C22H30N2O2. The molecule has 3 atom stereocenters.